The number of rotatable bonds is 5. The SMILES string of the molecule is CCCCSc1nnc2c(n1)OC(c1cc(C)ccc1C)Nc1ccc(Br)cc1-2. The van der Waals surface area contributed by atoms with Crippen molar-refractivity contribution in [3.8, 4) is 17.1 Å². The lowest BCUT2D eigenvalue weighted by Gasteiger charge is -2.21. The van der Waals surface area contributed by atoms with Crippen LogP contribution in [0.4, 0.5) is 5.69 Å². The van der Waals surface area contributed by atoms with Crippen LogP contribution in [0.25, 0.3) is 11.3 Å². The van der Waals surface area contributed by atoms with Gasteiger partial charge in [0.15, 0.2) is 11.9 Å². The molecule has 2 aromatic carbocycles. The summed E-state index contributed by atoms with van der Waals surface area (Å²) in [4.78, 5) is 4.71. The van der Waals surface area contributed by atoms with Crippen LogP contribution in [0.2, 0.25) is 0 Å². The van der Waals surface area contributed by atoms with E-state index >= 15 is 0 Å². The molecule has 1 atom stereocenters. The molecule has 0 saturated carbocycles. The van der Waals surface area contributed by atoms with Crippen molar-refractivity contribution in [2.24, 2.45) is 0 Å². The predicted molar refractivity (Wildman–Crippen MR) is 122 cm³/mol. The molecule has 0 fully saturated rings. The van der Waals surface area contributed by atoms with Crippen LogP contribution in [0.1, 0.15) is 42.7 Å². The fraction of sp³-hybridized carbons (Fsp3) is 0.318. The van der Waals surface area contributed by atoms with Crippen molar-refractivity contribution in [2.75, 3.05) is 11.1 Å². The molecule has 1 N–H and O–H groups in total. The third-order valence-corrected chi connectivity index (χ3v) is 6.25. The van der Waals surface area contributed by atoms with Crippen molar-refractivity contribution < 1.29 is 4.74 Å². The number of aryl methyl sites for hydroxylation is 2. The minimum atomic E-state index is -0.360. The van der Waals surface area contributed by atoms with Gasteiger partial charge in [-0.15, -0.1) is 10.2 Å². The first-order valence-electron chi connectivity index (χ1n) is 9.73. The highest BCUT2D eigenvalue weighted by atomic mass is 79.9. The third kappa shape index (κ3) is 4.41. The second-order valence-corrected chi connectivity index (χ2v) is 9.12. The number of benzene rings is 2. The molecule has 0 spiro atoms. The highest BCUT2D eigenvalue weighted by Crippen LogP contribution is 2.41. The maximum atomic E-state index is 6.39. The Kier molecular flexibility index (Phi) is 6.06. The largest absolute Gasteiger partial charge is 0.448 e. The van der Waals surface area contributed by atoms with Crippen LogP contribution in [-0.4, -0.2) is 20.9 Å². The summed E-state index contributed by atoms with van der Waals surface area (Å²) in [5, 5.41) is 13.0. The van der Waals surface area contributed by atoms with Crippen LogP contribution >= 0.6 is 27.7 Å². The maximum absolute atomic E-state index is 6.39. The number of nitrogens with zero attached hydrogens (tertiary/aromatic N) is 3. The van der Waals surface area contributed by atoms with Gasteiger partial charge in [0.25, 0.3) is 0 Å². The van der Waals surface area contributed by atoms with Crippen LogP contribution in [0.3, 0.4) is 0 Å². The number of halogens is 1. The van der Waals surface area contributed by atoms with E-state index in [1.165, 1.54) is 5.56 Å². The van der Waals surface area contributed by atoms with Crippen LogP contribution in [0.15, 0.2) is 46.0 Å². The van der Waals surface area contributed by atoms with Gasteiger partial charge in [0.1, 0.15) is 0 Å². The molecule has 5 nitrogen and oxygen atoms in total. The lowest BCUT2D eigenvalue weighted by molar-refractivity contribution is 0.224. The van der Waals surface area contributed by atoms with E-state index in [1.807, 2.05) is 18.2 Å². The average Bonchev–Trinajstić information content (AvgIpc) is 2.86. The second kappa shape index (κ2) is 8.71. The first-order chi connectivity index (χ1) is 14.0. The maximum Gasteiger partial charge on any atom is 0.247 e. The van der Waals surface area contributed by atoms with Crippen molar-refractivity contribution >= 4 is 33.4 Å². The summed E-state index contributed by atoms with van der Waals surface area (Å²) in [7, 11) is 0. The Morgan fingerprint density at radius 1 is 1.14 bits per heavy atom. The van der Waals surface area contributed by atoms with E-state index in [4.69, 9.17) is 9.72 Å². The number of fused-ring (bicyclic) bond motifs is 3. The van der Waals surface area contributed by atoms with Crippen molar-refractivity contribution in [3.63, 3.8) is 0 Å². The third-order valence-electron chi connectivity index (χ3n) is 4.83. The van der Waals surface area contributed by atoms with Crippen LogP contribution in [0, 0.1) is 13.8 Å². The summed E-state index contributed by atoms with van der Waals surface area (Å²) >= 11 is 5.18. The monoisotopic (exact) mass is 470 g/mol. The summed E-state index contributed by atoms with van der Waals surface area (Å²) in [5.74, 6) is 1.48. The van der Waals surface area contributed by atoms with Gasteiger partial charge in [-0.3, -0.25) is 0 Å². The summed E-state index contributed by atoms with van der Waals surface area (Å²) in [5.41, 5.74) is 5.96. The smallest absolute Gasteiger partial charge is 0.247 e. The molecule has 1 aliphatic rings. The Hall–Kier alpha value is -2.12. The molecular formula is C22H23BrN4OS. The fourth-order valence-electron chi connectivity index (χ4n) is 3.22. The van der Waals surface area contributed by atoms with E-state index in [-0.39, 0.29) is 6.23 Å². The standard InChI is InChI=1S/C22H23BrN4OS/c1-4-5-10-29-22-25-21-19(26-27-22)17-12-15(23)8-9-18(17)24-20(28-21)16-11-13(2)6-7-14(16)3/h6-9,11-12,20,24H,4-5,10H2,1-3H3. The average molecular weight is 471 g/mol. The second-order valence-electron chi connectivity index (χ2n) is 7.14. The van der Waals surface area contributed by atoms with Gasteiger partial charge in [0.05, 0.1) is 0 Å². The normalized spacial score (nSPS) is 15.0. The molecule has 2 heterocycles. The summed E-state index contributed by atoms with van der Waals surface area (Å²) < 4.78 is 7.36. The zero-order valence-electron chi connectivity index (χ0n) is 16.7. The number of aromatic nitrogens is 3. The molecule has 3 aromatic rings. The molecule has 7 heteroatoms. The lowest BCUT2D eigenvalue weighted by Crippen LogP contribution is -2.18. The van der Waals surface area contributed by atoms with Gasteiger partial charge in [-0.05, 0) is 44.0 Å². The first kappa shape index (κ1) is 20.2. The zero-order chi connectivity index (χ0) is 20.4. The highest BCUT2D eigenvalue weighted by Gasteiger charge is 2.27. The Morgan fingerprint density at radius 3 is 2.83 bits per heavy atom. The Bertz CT molecular complexity index is 1040. The van der Waals surface area contributed by atoms with Crippen molar-refractivity contribution in [1.82, 2.24) is 15.2 Å². The van der Waals surface area contributed by atoms with Gasteiger partial charge >= 0.3 is 0 Å². The van der Waals surface area contributed by atoms with E-state index in [2.05, 4.69) is 70.4 Å². The number of anilines is 1. The molecule has 0 aliphatic carbocycles. The quantitative estimate of drug-likeness (QED) is 0.348. The fourth-order valence-corrected chi connectivity index (χ4v) is 4.44. The summed E-state index contributed by atoms with van der Waals surface area (Å²) in [6.45, 7) is 6.36. The number of ether oxygens (including phenoxy) is 1. The lowest BCUT2D eigenvalue weighted by atomic mass is 10.0. The van der Waals surface area contributed by atoms with Gasteiger partial charge in [-0.2, -0.15) is 4.98 Å². The molecule has 0 amide bonds. The van der Waals surface area contributed by atoms with Gasteiger partial charge in [-0.25, -0.2) is 0 Å². The van der Waals surface area contributed by atoms with Crippen LogP contribution in [0.5, 0.6) is 5.88 Å². The number of hydrogen-bond acceptors (Lipinski definition) is 6. The molecule has 0 bridgehead atoms. The number of hydrogen-bond donors (Lipinski definition) is 1. The summed E-state index contributed by atoms with van der Waals surface area (Å²) in [6.07, 6.45) is 1.90. The van der Waals surface area contributed by atoms with Gasteiger partial charge < -0.3 is 10.1 Å². The Morgan fingerprint density at radius 2 is 2.00 bits per heavy atom. The predicted octanol–water partition coefficient (Wildman–Crippen LogP) is 6.31. The van der Waals surface area contributed by atoms with Gasteiger partial charge in [0.2, 0.25) is 11.0 Å². The first-order valence-corrected chi connectivity index (χ1v) is 11.5. The van der Waals surface area contributed by atoms with E-state index in [9.17, 15) is 0 Å². The molecule has 4 rings (SSSR count). The number of nitrogens with one attached hydrogen (secondary N) is 1. The number of thioether (sulfide) groups is 1. The molecule has 150 valence electrons. The molecule has 1 aromatic heterocycles. The number of unbranched alkanes of at least 4 members (excludes halogenated alkanes) is 1. The Labute approximate surface area is 183 Å². The van der Waals surface area contributed by atoms with Gasteiger partial charge in [-0.1, -0.05) is 64.8 Å². The molecule has 29 heavy (non-hydrogen) atoms. The molecule has 1 aliphatic heterocycles. The molecule has 0 radical (unpaired) electrons. The van der Waals surface area contributed by atoms with Gasteiger partial charge in [0, 0.05) is 27.0 Å². The van der Waals surface area contributed by atoms with Crippen LogP contribution < -0.4 is 10.1 Å². The molecular weight excluding hydrogens is 448 g/mol. The molecule has 0 saturated heterocycles. The van der Waals surface area contributed by atoms with Crippen molar-refractivity contribution in [1.29, 1.82) is 0 Å². The van der Waals surface area contributed by atoms with E-state index in [1.54, 1.807) is 11.8 Å². The van der Waals surface area contributed by atoms with Crippen molar-refractivity contribution in [3.05, 3.63) is 57.6 Å². The zero-order valence-corrected chi connectivity index (χ0v) is 19.1. The van der Waals surface area contributed by atoms with E-state index in [0.29, 0.717) is 16.7 Å². The highest BCUT2D eigenvalue weighted by molar-refractivity contribution is 9.10. The van der Waals surface area contributed by atoms with Crippen molar-refractivity contribution in [2.45, 2.75) is 45.0 Å². The summed E-state index contributed by atoms with van der Waals surface area (Å²) in [6, 6.07) is 12.4. The van der Waals surface area contributed by atoms with Crippen LogP contribution in [-0.2, 0) is 0 Å². The van der Waals surface area contributed by atoms with E-state index in [0.717, 1.165) is 45.4 Å². The topological polar surface area (TPSA) is 59.9 Å². The Balaban J connectivity index is 1.80. The minimum Gasteiger partial charge on any atom is -0.448 e. The minimum absolute atomic E-state index is 0.360. The molecule has 1 unspecified atom stereocenters. The van der Waals surface area contributed by atoms with E-state index < -0.39 is 0 Å².